The second-order valence-corrected chi connectivity index (χ2v) is 8.09. The van der Waals surface area contributed by atoms with E-state index in [9.17, 15) is 9.59 Å². The number of thioether (sulfide) groups is 1. The summed E-state index contributed by atoms with van der Waals surface area (Å²) in [5, 5.41) is -0.431. The van der Waals surface area contributed by atoms with Crippen molar-refractivity contribution in [3.8, 4) is 0 Å². The van der Waals surface area contributed by atoms with E-state index in [1.54, 1.807) is 24.3 Å². The molecule has 1 fully saturated rings. The second kappa shape index (κ2) is 6.67. The Morgan fingerprint density at radius 2 is 1.91 bits per heavy atom. The van der Waals surface area contributed by atoms with Gasteiger partial charge >= 0.3 is 0 Å². The number of carbonyl (C=O) groups is 2. The van der Waals surface area contributed by atoms with Crippen LogP contribution in [0.15, 0.2) is 56.3 Å². The molecule has 0 aromatic heterocycles. The van der Waals surface area contributed by atoms with Gasteiger partial charge in [-0.2, -0.15) is 0 Å². The number of nitrogens with two attached hydrogens (primary N) is 1. The molecule has 2 aromatic rings. The Bertz CT molecular complexity index is 797. The first kappa shape index (κ1) is 16.5. The molecule has 0 radical (unpaired) electrons. The van der Waals surface area contributed by atoms with Crippen molar-refractivity contribution in [1.29, 1.82) is 0 Å². The molecule has 1 aliphatic heterocycles. The fraction of sp³-hybridized carbons (Fsp3) is 0.125. The third-order valence-electron chi connectivity index (χ3n) is 3.39. The highest BCUT2D eigenvalue weighted by Gasteiger charge is 2.40. The molecule has 0 unspecified atom stereocenters. The molecule has 2 amide bonds. The summed E-state index contributed by atoms with van der Waals surface area (Å²) >= 11 is 8.14. The van der Waals surface area contributed by atoms with E-state index in [0.29, 0.717) is 15.8 Å². The molecule has 1 atom stereocenters. The number of benzene rings is 2. The van der Waals surface area contributed by atoms with Crippen molar-refractivity contribution in [2.24, 2.45) is 0 Å². The smallest absolute Gasteiger partial charge is 0.247 e. The summed E-state index contributed by atoms with van der Waals surface area (Å²) in [7, 11) is 0. The molecule has 2 N–H and O–H groups in total. The fourth-order valence-corrected chi connectivity index (χ4v) is 4.71. The van der Waals surface area contributed by atoms with E-state index in [0.717, 1.165) is 9.37 Å². The van der Waals surface area contributed by atoms with Gasteiger partial charge in [-0.25, -0.2) is 4.90 Å². The van der Waals surface area contributed by atoms with Crippen molar-refractivity contribution in [2.75, 3.05) is 10.6 Å². The van der Waals surface area contributed by atoms with Crippen LogP contribution >= 0.6 is 43.6 Å². The summed E-state index contributed by atoms with van der Waals surface area (Å²) in [6, 6.07) is 12.7. The molecule has 1 aliphatic rings. The van der Waals surface area contributed by atoms with E-state index >= 15 is 0 Å². The highest BCUT2D eigenvalue weighted by molar-refractivity contribution is 9.11. The number of nitrogens with zero attached hydrogens (tertiary/aromatic N) is 1. The van der Waals surface area contributed by atoms with E-state index < -0.39 is 5.25 Å². The Balaban J connectivity index is 1.85. The Hall–Kier alpha value is -1.31. The van der Waals surface area contributed by atoms with Crippen LogP contribution in [0.2, 0.25) is 0 Å². The van der Waals surface area contributed by atoms with Crippen LogP contribution in [0, 0.1) is 0 Å². The zero-order chi connectivity index (χ0) is 16.6. The van der Waals surface area contributed by atoms with Gasteiger partial charge in [-0.15, -0.1) is 11.8 Å². The Morgan fingerprint density at radius 3 is 2.61 bits per heavy atom. The summed E-state index contributed by atoms with van der Waals surface area (Å²) in [6.45, 7) is 0. The topological polar surface area (TPSA) is 63.4 Å². The Morgan fingerprint density at radius 1 is 1.13 bits per heavy atom. The van der Waals surface area contributed by atoms with Crippen LogP contribution in [-0.2, 0) is 9.59 Å². The lowest BCUT2D eigenvalue weighted by molar-refractivity contribution is -0.121. The lowest BCUT2D eigenvalue weighted by Gasteiger charge is -2.17. The molecular weight excluding hydrogens is 444 g/mol. The molecule has 0 saturated carbocycles. The van der Waals surface area contributed by atoms with E-state index in [2.05, 4.69) is 31.9 Å². The number of anilines is 2. The summed E-state index contributed by atoms with van der Waals surface area (Å²) in [6.07, 6.45) is 0.181. The maximum absolute atomic E-state index is 12.7. The number of imide groups is 1. The predicted molar refractivity (Wildman–Crippen MR) is 99.5 cm³/mol. The lowest BCUT2D eigenvalue weighted by atomic mass is 10.3. The molecule has 1 saturated heterocycles. The van der Waals surface area contributed by atoms with Crippen molar-refractivity contribution in [3.63, 3.8) is 0 Å². The standard InChI is InChI=1S/C16H12Br2N2O2S/c17-9-4-5-13(12(18)6-9)20-15(21)8-14(16(20)22)23-11-3-1-2-10(19)7-11/h1-7,14H,8,19H2/t14-/m0/s1. The van der Waals surface area contributed by atoms with Crippen LogP contribution in [-0.4, -0.2) is 17.1 Å². The number of halogens is 2. The number of rotatable bonds is 3. The molecule has 1 heterocycles. The molecule has 3 rings (SSSR count). The third-order valence-corrected chi connectivity index (χ3v) is 5.70. The maximum atomic E-state index is 12.7. The second-order valence-electron chi connectivity index (χ2n) is 5.05. The molecule has 23 heavy (non-hydrogen) atoms. The predicted octanol–water partition coefficient (Wildman–Crippen LogP) is 4.22. The minimum absolute atomic E-state index is 0.181. The first-order chi connectivity index (χ1) is 11.0. The Labute approximate surface area is 154 Å². The maximum Gasteiger partial charge on any atom is 0.247 e. The number of amides is 2. The quantitative estimate of drug-likeness (QED) is 0.555. The number of hydrogen-bond donors (Lipinski definition) is 1. The van der Waals surface area contributed by atoms with E-state index in [1.165, 1.54) is 16.7 Å². The summed E-state index contributed by atoms with van der Waals surface area (Å²) in [5.41, 5.74) is 6.97. The van der Waals surface area contributed by atoms with Crippen LogP contribution in [0.3, 0.4) is 0 Å². The molecular formula is C16H12Br2N2O2S. The van der Waals surface area contributed by atoms with Gasteiger partial charge in [-0.05, 0) is 52.3 Å². The van der Waals surface area contributed by atoms with Gasteiger partial charge in [0, 0.05) is 25.9 Å². The van der Waals surface area contributed by atoms with Crippen LogP contribution < -0.4 is 10.6 Å². The average molecular weight is 456 g/mol. The van der Waals surface area contributed by atoms with Gasteiger partial charge in [-0.1, -0.05) is 22.0 Å². The molecule has 0 aliphatic carbocycles. The zero-order valence-electron chi connectivity index (χ0n) is 11.8. The van der Waals surface area contributed by atoms with Crippen molar-refractivity contribution >= 4 is 66.8 Å². The number of carbonyl (C=O) groups excluding carboxylic acids is 2. The first-order valence-electron chi connectivity index (χ1n) is 6.80. The minimum Gasteiger partial charge on any atom is -0.399 e. The highest BCUT2D eigenvalue weighted by Crippen LogP contribution is 2.37. The molecule has 2 aromatic carbocycles. The van der Waals surface area contributed by atoms with E-state index in [-0.39, 0.29) is 18.2 Å². The molecule has 7 heteroatoms. The van der Waals surface area contributed by atoms with Gasteiger partial charge in [0.25, 0.3) is 0 Å². The average Bonchev–Trinajstić information content (AvgIpc) is 2.74. The van der Waals surface area contributed by atoms with Gasteiger partial charge in [-0.3, -0.25) is 9.59 Å². The van der Waals surface area contributed by atoms with Crippen molar-refractivity contribution < 1.29 is 9.59 Å². The van der Waals surface area contributed by atoms with Gasteiger partial charge in [0.15, 0.2) is 0 Å². The van der Waals surface area contributed by atoms with Crippen molar-refractivity contribution in [2.45, 2.75) is 16.6 Å². The molecule has 4 nitrogen and oxygen atoms in total. The summed E-state index contributed by atoms with van der Waals surface area (Å²) < 4.78 is 1.57. The molecule has 0 spiro atoms. The van der Waals surface area contributed by atoms with Gasteiger partial charge in [0.05, 0.1) is 10.9 Å². The van der Waals surface area contributed by atoms with Crippen LogP contribution in [0.1, 0.15) is 6.42 Å². The van der Waals surface area contributed by atoms with Gasteiger partial charge in [0.2, 0.25) is 11.8 Å². The minimum atomic E-state index is -0.431. The third kappa shape index (κ3) is 3.46. The Kier molecular flexibility index (Phi) is 4.79. The normalized spacial score (nSPS) is 17.8. The fourth-order valence-electron chi connectivity index (χ4n) is 2.36. The van der Waals surface area contributed by atoms with Crippen LogP contribution in [0.25, 0.3) is 0 Å². The largest absolute Gasteiger partial charge is 0.399 e. The van der Waals surface area contributed by atoms with Crippen LogP contribution in [0.5, 0.6) is 0 Å². The first-order valence-corrected chi connectivity index (χ1v) is 9.26. The van der Waals surface area contributed by atoms with Crippen LogP contribution in [0.4, 0.5) is 11.4 Å². The molecule has 0 bridgehead atoms. The zero-order valence-corrected chi connectivity index (χ0v) is 15.8. The summed E-state index contributed by atoms with van der Waals surface area (Å²) in [4.78, 5) is 27.1. The number of nitrogen functional groups attached to an aromatic ring is 1. The van der Waals surface area contributed by atoms with E-state index in [4.69, 9.17) is 5.73 Å². The SMILES string of the molecule is Nc1cccc(S[C@H]2CC(=O)N(c3ccc(Br)cc3Br)C2=O)c1. The van der Waals surface area contributed by atoms with Gasteiger partial charge in [0.1, 0.15) is 0 Å². The number of hydrogen-bond acceptors (Lipinski definition) is 4. The highest BCUT2D eigenvalue weighted by atomic mass is 79.9. The summed E-state index contributed by atoms with van der Waals surface area (Å²) in [5.74, 6) is -0.398. The van der Waals surface area contributed by atoms with E-state index in [1.807, 2.05) is 18.2 Å². The monoisotopic (exact) mass is 454 g/mol. The van der Waals surface area contributed by atoms with Gasteiger partial charge < -0.3 is 5.73 Å². The molecule has 118 valence electrons. The lowest BCUT2D eigenvalue weighted by Crippen LogP contribution is -2.31. The van der Waals surface area contributed by atoms with Crippen molar-refractivity contribution in [1.82, 2.24) is 0 Å². The van der Waals surface area contributed by atoms with Crippen molar-refractivity contribution in [3.05, 3.63) is 51.4 Å².